The molecule has 0 aliphatic heterocycles. The zero-order valence-corrected chi connectivity index (χ0v) is 21.1. The Bertz CT molecular complexity index is 1090. The Labute approximate surface area is 196 Å². The molecular weight excluding hydrogens is 416 g/mol. The van der Waals surface area contributed by atoms with Gasteiger partial charge >= 0.3 is 0 Å². The van der Waals surface area contributed by atoms with Crippen molar-refractivity contribution in [2.75, 3.05) is 6.61 Å². The van der Waals surface area contributed by atoms with Crippen molar-refractivity contribution in [3.63, 3.8) is 0 Å². The average molecular weight is 453 g/mol. The first kappa shape index (κ1) is 24.5. The number of rotatable bonds is 10. The quantitative estimate of drug-likeness (QED) is 0.325. The third kappa shape index (κ3) is 4.62. The minimum atomic E-state index is -0.780. The summed E-state index contributed by atoms with van der Waals surface area (Å²) in [6, 6.07) is 14.8. The van der Waals surface area contributed by atoms with Crippen molar-refractivity contribution in [3.05, 3.63) is 64.0 Å². The van der Waals surface area contributed by atoms with E-state index in [0.717, 1.165) is 34.4 Å². The predicted molar refractivity (Wildman–Crippen MR) is 135 cm³/mol. The van der Waals surface area contributed by atoms with E-state index in [0.29, 0.717) is 19.4 Å². The van der Waals surface area contributed by atoms with Crippen LogP contribution in [0.25, 0.3) is 10.1 Å². The first-order chi connectivity index (χ1) is 15.2. The van der Waals surface area contributed by atoms with Crippen LogP contribution in [-0.4, -0.2) is 23.1 Å². The summed E-state index contributed by atoms with van der Waals surface area (Å²) >= 11 is 1.79. The summed E-state index contributed by atoms with van der Waals surface area (Å²) in [5, 5.41) is 11.8. The van der Waals surface area contributed by atoms with Crippen LogP contribution in [0.4, 0.5) is 0 Å². The van der Waals surface area contributed by atoms with Crippen LogP contribution in [0, 0.1) is 6.92 Å². The van der Waals surface area contributed by atoms with Crippen LogP contribution in [0.15, 0.2) is 42.5 Å². The number of aliphatic hydroxyl groups is 1. The van der Waals surface area contributed by atoms with Crippen LogP contribution in [0.3, 0.4) is 0 Å². The van der Waals surface area contributed by atoms with Crippen molar-refractivity contribution in [2.24, 2.45) is 0 Å². The lowest BCUT2D eigenvalue weighted by molar-refractivity contribution is -0.0115. The molecular formula is C28H36O3S. The fourth-order valence-electron chi connectivity index (χ4n) is 4.41. The van der Waals surface area contributed by atoms with E-state index in [2.05, 4.69) is 51.1 Å². The lowest BCUT2D eigenvalue weighted by Gasteiger charge is -2.32. The monoisotopic (exact) mass is 452 g/mol. The second-order valence-electron chi connectivity index (χ2n) is 8.91. The van der Waals surface area contributed by atoms with Gasteiger partial charge in [0.05, 0.1) is 5.60 Å². The van der Waals surface area contributed by atoms with E-state index in [4.69, 9.17) is 4.74 Å². The molecule has 1 heterocycles. The van der Waals surface area contributed by atoms with Gasteiger partial charge in [-0.1, -0.05) is 52.0 Å². The van der Waals surface area contributed by atoms with Crippen LogP contribution in [-0.2, 0) is 5.41 Å². The fraction of sp³-hybridized carbons (Fsp3) is 0.464. The molecule has 0 aliphatic rings. The van der Waals surface area contributed by atoms with Gasteiger partial charge in [-0.25, -0.2) is 0 Å². The minimum absolute atomic E-state index is 0.0864. The standard InChI is InChI=1S/C28H36O3S/c1-7-27(30,8-2)18-31-24-14-13-23(15-19(24)5)28(9-3,10-4)26-17-22-12-11-21(20(6)29)16-25(22)32-26/h11-17,30H,7-10,18H2,1-6H3. The van der Waals surface area contributed by atoms with E-state index in [9.17, 15) is 9.90 Å². The molecule has 3 aromatic rings. The summed E-state index contributed by atoms with van der Waals surface area (Å²) in [6.07, 6.45) is 3.32. The summed E-state index contributed by atoms with van der Waals surface area (Å²) in [5.74, 6) is 0.931. The third-order valence-corrected chi connectivity index (χ3v) is 8.45. The van der Waals surface area contributed by atoms with Gasteiger partial charge in [0, 0.05) is 20.6 Å². The van der Waals surface area contributed by atoms with Gasteiger partial charge in [-0.3, -0.25) is 4.79 Å². The molecule has 3 nitrogen and oxygen atoms in total. The van der Waals surface area contributed by atoms with Crippen LogP contribution in [0.1, 0.15) is 86.7 Å². The topological polar surface area (TPSA) is 46.5 Å². The van der Waals surface area contributed by atoms with E-state index in [-0.39, 0.29) is 11.2 Å². The maximum Gasteiger partial charge on any atom is 0.159 e. The second kappa shape index (κ2) is 9.76. The van der Waals surface area contributed by atoms with Gasteiger partial charge in [-0.2, -0.15) is 0 Å². The molecule has 1 aromatic heterocycles. The van der Waals surface area contributed by atoms with Crippen molar-refractivity contribution in [1.29, 1.82) is 0 Å². The molecule has 0 atom stereocenters. The SMILES string of the molecule is CCC(O)(CC)COc1ccc(C(CC)(CC)c2cc3ccc(C(C)=O)cc3s2)cc1C. The maximum absolute atomic E-state index is 11.8. The smallest absolute Gasteiger partial charge is 0.159 e. The highest BCUT2D eigenvalue weighted by Gasteiger charge is 2.33. The Morgan fingerprint density at radius 3 is 2.22 bits per heavy atom. The summed E-state index contributed by atoms with van der Waals surface area (Å²) in [7, 11) is 0. The first-order valence-electron chi connectivity index (χ1n) is 11.7. The van der Waals surface area contributed by atoms with Crippen LogP contribution in [0.5, 0.6) is 5.75 Å². The maximum atomic E-state index is 11.8. The number of carbonyl (C=O) groups excluding carboxylic acids is 1. The summed E-state index contributed by atoms with van der Waals surface area (Å²) in [4.78, 5) is 13.2. The van der Waals surface area contributed by atoms with Gasteiger partial charge in [-0.15, -0.1) is 11.3 Å². The minimum Gasteiger partial charge on any atom is -0.490 e. The van der Waals surface area contributed by atoms with E-state index in [1.54, 1.807) is 18.3 Å². The highest BCUT2D eigenvalue weighted by Crippen LogP contribution is 2.45. The third-order valence-electron chi connectivity index (χ3n) is 7.15. The number of hydrogen-bond acceptors (Lipinski definition) is 4. The Balaban J connectivity index is 1.98. The fourth-order valence-corrected chi connectivity index (χ4v) is 5.87. The number of ketones is 1. The lowest BCUT2D eigenvalue weighted by Crippen LogP contribution is -2.34. The van der Waals surface area contributed by atoms with Crippen molar-refractivity contribution < 1.29 is 14.6 Å². The number of ether oxygens (including phenoxy) is 1. The van der Waals surface area contributed by atoms with Crippen molar-refractivity contribution >= 4 is 27.2 Å². The Morgan fingerprint density at radius 2 is 1.66 bits per heavy atom. The van der Waals surface area contributed by atoms with Crippen LogP contribution >= 0.6 is 11.3 Å². The summed E-state index contributed by atoms with van der Waals surface area (Å²) in [6.45, 7) is 12.5. The Kier molecular flexibility index (Phi) is 7.46. The molecule has 0 saturated heterocycles. The lowest BCUT2D eigenvalue weighted by atomic mass is 9.74. The number of Topliss-reactive ketones (excluding diaryl/α,β-unsaturated/α-hetero) is 1. The largest absolute Gasteiger partial charge is 0.490 e. The molecule has 0 amide bonds. The average Bonchev–Trinajstić information content (AvgIpc) is 3.23. The second-order valence-corrected chi connectivity index (χ2v) is 9.99. The molecule has 0 unspecified atom stereocenters. The highest BCUT2D eigenvalue weighted by molar-refractivity contribution is 7.19. The molecule has 32 heavy (non-hydrogen) atoms. The summed E-state index contributed by atoms with van der Waals surface area (Å²) in [5.41, 5.74) is 2.27. The number of fused-ring (bicyclic) bond motifs is 1. The number of hydrogen-bond donors (Lipinski definition) is 1. The van der Waals surface area contributed by atoms with Crippen molar-refractivity contribution in [1.82, 2.24) is 0 Å². The van der Waals surface area contributed by atoms with E-state index < -0.39 is 5.60 Å². The molecule has 0 bridgehead atoms. The van der Waals surface area contributed by atoms with Crippen molar-refractivity contribution in [3.8, 4) is 5.75 Å². The molecule has 0 radical (unpaired) electrons. The summed E-state index contributed by atoms with van der Waals surface area (Å²) < 4.78 is 7.19. The van der Waals surface area contributed by atoms with E-state index >= 15 is 0 Å². The van der Waals surface area contributed by atoms with Gasteiger partial charge in [0.2, 0.25) is 0 Å². The molecule has 4 heteroatoms. The molecule has 3 rings (SSSR count). The van der Waals surface area contributed by atoms with Crippen LogP contribution < -0.4 is 4.74 Å². The molecule has 0 spiro atoms. The molecule has 172 valence electrons. The molecule has 0 fully saturated rings. The normalized spacial score (nSPS) is 12.3. The highest BCUT2D eigenvalue weighted by atomic mass is 32.1. The molecule has 1 N–H and O–H groups in total. The molecule has 0 aliphatic carbocycles. The zero-order valence-electron chi connectivity index (χ0n) is 20.2. The predicted octanol–water partition coefficient (Wildman–Crippen LogP) is 7.45. The van der Waals surface area contributed by atoms with E-state index in [1.807, 2.05) is 26.0 Å². The van der Waals surface area contributed by atoms with Crippen LogP contribution in [0.2, 0.25) is 0 Å². The number of thiophene rings is 1. The molecule has 2 aromatic carbocycles. The molecule has 0 saturated carbocycles. The zero-order chi connectivity index (χ0) is 23.5. The van der Waals surface area contributed by atoms with E-state index in [1.165, 1.54) is 15.8 Å². The van der Waals surface area contributed by atoms with Gasteiger partial charge < -0.3 is 9.84 Å². The van der Waals surface area contributed by atoms with Gasteiger partial charge in [-0.05, 0) is 74.2 Å². The number of carbonyl (C=O) groups is 1. The number of benzene rings is 2. The first-order valence-corrected chi connectivity index (χ1v) is 12.5. The Hall–Kier alpha value is -2.17. The van der Waals surface area contributed by atoms with Crippen molar-refractivity contribution in [2.45, 2.75) is 78.2 Å². The number of aryl methyl sites for hydroxylation is 1. The van der Waals surface area contributed by atoms with Gasteiger partial charge in [0.15, 0.2) is 5.78 Å². The van der Waals surface area contributed by atoms with Gasteiger partial charge in [0.25, 0.3) is 0 Å². The van der Waals surface area contributed by atoms with Gasteiger partial charge in [0.1, 0.15) is 12.4 Å². The Morgan fingerprint density at radius 1 is 0.969 bits per heavy atom.